The van der Waals surface area contributed by atoms with Crippen LogP contribution in [0.3, 0.4) is 0 Å². The van der Waals surface area contributed by atoms with Crippen LogP contribution in [0.5, 0.6) is 0 Å². The lowest BCUT2D eigenvalue weighted by Crippen LogP contribution is -2.41. The molecule has 0 aliphatic heterocycles. The first kappa shape index (κ1) is 14.8. The maximum Gasteiger partial charge on any atom is 0.335 e. The fraction of sp³-hybridized carbons (Fsp3) is 0. The van der Waals surface area contributed by atoms with E-state index in [2.05, 4.69) is 0 Å². The van der Waals surface area contributed by atoms with Crippen molar-refractivity contribution in [1.29, 1.82) is 0 Å². The van der Waals surface area contributed by atoms with E-state index in [0.717, 1.165) is 6.07 Å². The Morgan fingerprint density at radius 1 is 1.14 bits per heavy atom. The lowest BCUT2D eigenvalue weighted by Gasteiger charge is -2.07. The van der Waals surface area contributed by atoms with E-state index < -0.39 is 21.9 Å². The Bertz CT molecular complexity index is 767. The molecule has 0 bridgehead atoms. The monoisotopic (exact) mass is 310 g/mol. The molecule has 0 aliphatic carbocycles. The summed E-state index contributed by atoms with van der Waals surface area (Å²) in [6.07, 6.45) is 1.26. The minimum atomic E-state index is -4.09. The molecule has 1 amide bonds. The molecule has 110 valence electrons. The average molecular weight is 310 g/mol. The number of furan rings is 1. The third-order valence-electron chi connectivity index (χ3n) is 2.44. The summed E-state index contributed by atoms with van der Waals surface area (Å²) in [5.74, 6) is -2.11. The fourth-order valence-corrected chi connectivity index (χ4v) is 2.32. The highest BCUT2D eigenvalue weighted by Gasteiger charge is 2.18. The molecule has 0 radical (unpaired) electrons. The minimum Gasteiger partial charge on any atom is -0.478 e. The molecule has 2 rings (SSSR count). The molecular weight excluding hydrogens is 300 g/mol. The normalized spacial score (nSPS) is 11.0. The zero-order chi connectivity index (χ0) is 15.5. The first-order chi connectivity index (χ1) is 9.90. The highest BCUT2D eigenvalue weighted by atomic mass is 32.2. The van der Waals surface area contributed by atoms with Gasteiger partial charge < -0.3 is 9.52 Å². The minimum absolute atomic E-state index is 0.0722. The van der Waals surface area contributed by atoms with Gasteiger partial charge in [-0.1, -0.05) is 6.07 Å². The van der Waals surface area contributed by atoms with Crippen LogP contribution in [0.15, 0.2) is 52.0 Å². The summed E-state index contributed by atoms with van der Waals surface area (Å²) < 4.78 is 28.7. The lowest BCUT2D eigenvalue weighted by molar-refractivity contribution is 0.0696. The number of carboxylic acids is 1. The van der Waals surface area contributed by atoms with E-state index in [4.69, 9.17) is 9.52 Å². The molecule has 3 N–H and O–H groups in total. The second kappa shape index (κ2) is 5.77. The molecule has 0 fully saturated rings. The maximum atomic E-state index is 11.9. The highest BCUT2D eigenvalue weighted by Crippen LogP contribution is 2.11. The van der Waals surface area contributed by atoms with E-state index in [9.17, 15) is 18.0 Å². The van der Waals surface area contributed by atoms with Gasteiger partial charge in [0.1, 0.15) is 0 Å². The Labute approximate surface area is 119 Å². The van der Waals surface area contributed by atoms with Crippen LogP contribution < -0.4 is 10.3 Å². The topological polar surface area (TPSA) is 126 Å². The van der Waals surface area contributed by atoms with Crippen molar-refractivity contribution >= 4 is 21.9 Å². The van der Waals surface area contributed by atoms with Gasteiger partial charge in [0.25, 0.3) is 10.0 Å². The molecule has 21 heavy (non-hydrogen) atoms. The van der Waals surface area contributed by atoms with Crippen molar-refractivity contribution in [3.05, 3.63) is 54.0 Å². The number of carbonyl (C=O) groups excluding carboxylic acids is 1. The second-order valence-electron chi connectivity index (χ2n) is 3.87. The van der Waals surface area contributed by atoms with E-state index in [1.165, 1.54) is 36.6 Å². The second-order valence-corrected chi connectivity index (χ2v) is 5.55. The molecule has 8 nitrogen and oxygen atoms in total. The number of hydrogen-bond donors (Lipinski definition) is 3. The van der Waals surface area contributed by atoms with Gasteiger partial charge in [-0.15, -0.1) is 4.83 Å². The first-order valence-corrected chi connectivity index (χ1v) is 7.07. The Morgan fingerprint density at radius 3 is 2.52 bits per heavy atom. The SMILES string of the molecule is O=C(O)c1cccc(S(=O)(=O)NNC(=O)c2ccco2)c1. The van der Waals surface area contributed by atoms with Gasteiger partial charge in [0.2, 0.25) is 0 Å². The third kappa shape index (κ3) is 3.46. The van der Waals surface area contributed by atoms with Gasteiger partial charge in [0.15, 0.2) is 5.76 Å². The summed E-state index contributed by atoms with van der Waals surface area (Å²) in [5.41, 5.74) is 1.77. The zero-order valence-electron chi connectivity index (χ0n) is 10.4. The summed E-state index contributed by atoms with van der Waals surface area (Å²) in [6, 6.07) is 7.54. The number of carbonyl (C=O) groups is 2. The molecule has 1 aromatic heterocycles. The first-order valence-electron chi connectivity index (χ1n) is 5.59. The number of aromatic carboxylic acids is 1. The van der Waals surface area contributed by atoms with Crippen LogP contribution in [0.2, 0.25) is 0 Å². The number of carboxylic acid groups (broad SMARTS) is 1. The van der Waals surface area contributed by atoms with Gasteiger partial charge in [-0.3, -0.25) is 10.2 Å². The van der Waals surface area contributed by atoms with Crippen LogP contribution in [-0.2, 0) is 10.0 Å². The van der Waals surface area contributed by atoms with Crippen LogP contribution in [0.4, 0.5) is 0 Å². The molecule has 0 atom stereocenters. The molecule has 0 aliphatic rings. The fourth-order valence-electron chi connectivity index (χ4n) is 1.44. The summed E-state index contributed by atoms with van der Waals surface area (Å²) >= 11 is 0. The van der Waals surface area contributed by atoms with Crippen molar-refractivity contribution in [3.8, 4) is 0 Å². The van der Waals surface area contributed by atoms with Gasteiger partial charge in [-0.25, -0.2) is 13.2 Å². The van der Waals surface area contributed by atoms with E-state index >= 15 is 0 Å². The maximum absolute atomic E-state index is 11.9. The number of sulfonamides is 1. The Kier molecular flexibility index (Phi) is 4.05. The Morgan fingerprint density at radius 2 is 1.90 bits per heavy atom. The lowest BCUT2D eigenvalue weighted by atomic mass is 10.2. The van der Waals surface area contributed by atoms with Crippen LogP contribution >= 0.6 is 0 Å². The summed E-state index contributed by atoms with van der Waals surface area (Å²) in [6.45, 7) is 0. The Balaban J connectivity index is 2.13. The molecule has 1 aromatic carbocycles. The predicted octanol–water partition coefficient (Wildman–Crippen LogP) is 0.601. The molecule has 0 saturated carbocycles. The summed E-state index contributed by atoms with van der Waals surface area (Å²) in [7, 11) is -4.09. The molecular formula is C12H10N2O6S. The van der Waals surface area contributed by atoms with E-state index in [1.54, 1.807) is 0 Å². The van der Waals surface area contributed by atoms with Gasteiger partial charge in [0, 0.05) is 0 Å². The summed E-state index contributed by atoms with van der Waals surface area (Å²) in [4.78, 5) is 23.9. The van der Waals surface area contributed by atoms with Crippen molar-refractivity contribution < 1.29 is 27.5 Å². The smallest absolute Gasteiger partial charge is 0.335 e. The van der Waals surface area contributed by atoms with Crippen LogP contribution in [-0.4, -0.2) is 25.4 Å². The van der Waals surface area contributed by atoms with Gasteiger partial charge in [-0.05, 0) is 30.3 Å². The molecule has 1 heterocycles. The molecule has 0 unspecified atom stereocenters. The largest absolute Gasteiger partial charge is 0.478 e. The van der Waals surface area contributed by atoms with E-state index in [1.807, 2.05) is 10.3 Å². The Hall–Kier alpha value is -2.65. The molecule has 0 saturated heterocycles. The number of rotatable bonds is 5. The highest BCUT2D eigenvalue weighted by molar-refractivity contribution is 7.89. The zero-order valence-corrected chi connectivity index (χ0v) is 11.3. The summed E-state index contributed by atoms with van der Waals surface area (Å²) in [5, 5.41) is 8.82. The van der Waals surface area contributed by atoms with Gasteiger partial charge in [-0.2, -0.15) is 0 Å². The average Bonchev–Trinajstić information content (AvgIpc) is 2.99. The van der Waals surface area contributed by atoms with E-state index in [-0.39, 0.29) is 16.2 Å². The number of hydrogen-bond acceptors (Lipinski definition) is 5. The van der Waals surface area contributed by atoms with Gasteiger partial charge >= 0.3 is 11.9 Å². The third-order valence-corrected chi connectivity index (χ3v) is 3.68. The van der Waals surface area contributed by atoms with Crippen molar-refractivity contribution in [3.63, 3.8) is 0 Å². The predicted molar refractivity (Wildman–Crippen MR) is 69.9 cm³/mol. The molecule has 0 spiro atoms. The van der Waals surface area contributed by atoms with Crippen LogP contribution in [0.25, 0.3) is 0 Å². The number of benzene rings is 1. The molecule has 2 aromatic rings. The van der Waals surface area contributed by atoms with Gasteiger partial charge in [0.05, 0.1) is 16.7 Å². The number of amides is 1. The van der Waals surface area contributed by atoms with Crippen molar-refractivity contribution in [1.82, 2.24) is 10.3 Å². The van der Waals surface area contributed by atoms with E-state index in [0.29, 0.717) is 0 Å². The standard InChI is InChI=1S/C12H10N2O6S/c15-11(10-5-2-6-20-10)13-14-21(18,19)9-4-1-3-8(7-9)12(16)17/h1-7,14H,(H,13,15)(H,16,17). The quantitative estimate of drug-likeness (QED) is 0.694. The van der Waals surface area contributed by atoms with Crippen LogP contribution in [0.1, 0.15) is 20.9 Å². The van der Waals surface area contributed by atoms with Crippen LogP contribution in [0, 0.1) is 0 Å². The molecule has 9 heteroatoms. The van der Waals surface area contributed by atoms with Crippen molar-refractivity contribution in [2.24, 2.45) is 0 Å². The number of hydrazine groups is 1. The van der Waals surface area contributed by atoms with Crippen molar-refractivity contribution in [2.75, 3.05) is 0 Å². The number of nitrogens with one attached hydrogen (secondary N) is 2. The van der Waals surface area contributed by atoms with Crippen molar-refractivity contribution in [2.45, 2.75) is 4.90 Å².